The van der Waals surface area contributed by atoms with Crippen molar-refractivity contribution in [1.29, 1.82) is 0 Å². The van der Waals surface area contributed by atoms with E-state index in [4.69, 9.17) is 0 Å². The predicted octanol–water partition coefficient (Wildman–Crippen LogP) is 3.00. The fraction of sp³-hybridized carbons (Fsp3) is 0.333. The van der Waals surface area contributed by atoms with E-state index in [1.165, 1.54) is 23.3 Å². The van der Waals surface area contributed by atoms with Crippen molar-refractivity contribution in [2.75, 3.05) is 0 Å². The number of nitrogens with one attached hydrogen (secondary N) is 1. The van der Waals surface area contributed by atoms with E-state index in [2.05, 4.69) is 29.6 Å². The highest BCUT2D eigenvalue weighted by Gasteiger charge is 2.25. The lowest BCUT2D eigenvalue weighted by atomic mass is 10.0. The molecule has 0 amide bonds. The molecule has 0 saturated carbocycles. The summed E-state index contributed by atoms with van der Waals surface area (Å²) < 4.78 is 12.9. The van der Waals surface area contributed by atoms with Gasteiger partial charge in [0.05, 0.1) is 6.10 Å². The van der Waals surface area contributed by atoms with Crippen LogP contribution in [0.2, 0.25) is 0 Å². The Morgan fingerprint density at radius 3 is 2.19 bits per heavy atom. The Kier molecular flexibility index (Phi) is 4.04. The maximum Gasteiger partial charge on any atom is 0.123 e. The molecule has 2 N–H and O–H groups in total. The molecule has 0 heterocycles. The summed E-state index contributed by atoms with van der Waals surface area (Å²) in [6.07, 6.45) is 1.36. The van der Waals surface area contributed by atoms with Gasteiger partial charge in [0, 0.05) is 12.1 Å². The highest BCUT2D eigenvalue weighted by Crippen LogP contribution is 2.24. The number of hydrogen-bond acceptors (Lipinski definition) is 2. The Hall–Kier alpha value is -1.71. The maximum absolute atomic E-state index is 12.9. The minimum Gasteiger partial charge on any atom is -0.387 e. The molecule has 2 aromatic rings. The van der Waals surface area contributed by atoms with Crippen LogP contribution < -0.4 is 5.32 Å². The number of benzene rings is 2. The van der Waals surface area contributed by atoms with Gasteiger partial charge in [-0.25, -0.2) is 4.39 Å². The van der Waals surface area contributed by atoms with Gasteiger partial charge in [-0.2, -0.15) is 0 Å². The highest BCUT2D eigenvalue weighted by molar-refractivity contribution is 5.33. The molecule has 0 aliphatic heterocycles. The van der Waals surface area contributed by atoms with Crippen molar-refractivity contribution in [2.24, 2.45) is 0 Å². The zero-order valence-corrected chi connectivity index (χ0v) is 12.1. The summed E-state index contributed by atoms with van der Waals surface area (Å²) in [5, 5.41) is 13.9. The molecule has 3 heteroatoms. The Labute approximate surface area is 124 Å². The van der Waals surface area contributed by atoms with E-state index < -0.39 is 6.10 Å². The predicted molar refractivity (Wildman–Crippen MR) is 81.6 cm³/mol. The van der Waals surface area contributed by atoms with Gasteiger partial charge in [0.1, 0.15) is 5.82 Å². The van der Waals surface area contributed by atoms with Crippen LogP contribution in [0.15, 0.2) is 48.5 Å². The van der Waals surface area contributed by atoms with Crippen molar-refractivity contribution < 1.29 is 9.50 Å². The quantitative estimate of drug-likeness (QED) is 0.905. The molecule has 2 nitrogen and oxygen atoms in total. The first-order valence-electron chi connectivity index (χ1n) is 7.40. The summed E-state index contributed by atoms with van der Waals surface area (Å²) in [6.45, 7) is 1.97. The van der Waals surface area contributed by atoms with Gasteiger partial charge < -0.3 is 10.4 Å². The zero-order chi connectivity index (χ0) is 14.8. The van der Waals surface area contributed by atoms with Gasteiger partial charge in [-0.3, -0.25) is 0 Å². The van der Waals surface area contributed by atoms with Gasteiger partial charge in [0.15, 0.2) is 0 Å². The first kappa shape index (κ1) is 14.2. The lowest BCUT2D eigenvalue weighted by Crippen LogP contribution is -2.40. The number of halogens is 1. The van der Waals surface area contributed by atoms with Gasteiger partial charge in [-0.05, 0) is 48.6 Å². The van der Waals surface area contributed by atoms with E-state index in [0.29, 0.717) is 6.04 Å². The number of aliphatic hydroxyl groups is 1. The summed E-state index contributed by atoms with van der Waals surface area (Å²) >= 11 is 0. The molecule has 1 aliphatic rings. The van der Waals surface area contributed by atoms with E-state index >= 15 is 0 Å². The number of aliphatic hydroxyl groups excluding tert-OH is 1. The minimum atomic E-state index is -0.630. The van der Waals surface area contributed by atoms with Gasteiger partial charge >= 0.3 is 0 Å². The van der Waals surface area contributed by atoms with Crippen LogP contribution in [-0.2, 0) is 12.8 Å². The first-order valence-corrected chi connectivity index (χ1v) is 7.40. The second-order valence-electron chi connectivity index (χ2n) is 5.83. The standard InChI is InChI=1S/C18H20FNO/c1-12(18(21)13-6-8-16(19)9-7-13)20-17-10-14-4-2-3-5-15(14)11-17/h2-9,12,17-18,20-21H,10-11H2,1H3. The second kappa shape index (κ2) is 5.96. The van der Waals surface area contributed by atoms with Crippen LogP contribution in [0.5, 0.6) is 0 Å². The van der Waals surface area contributed by atoms with Gasteiger partial charge in [-0.1, -0.05) is 36.4 Å². The second-order valence-corrected chi connectivity index (χ2v) is 5.83. The third-order valence-corrected chi connectivity index (χ3v) is 4.23. The van der Waals surface area contributed by atoms with E-state index in [1.807, 2.05) is 6.92 Å². The van der Waals surface area contributed by atoms with Crippen LogP contribution in [0.3, 0.4) is 0 Å². The van der Waals surface area contributed by atoms with Crippen LogP contribution >= 0.6 is 0 Å². The van der Waals surface area contributed by atoms with Crippen LogP contribution in [-0.4, -0.2) is 17.2 Å². The molecule has 0 saturated heterocycles. The highest BCUT2D eigenvalue weighted by atomic mass is 19.1. The molecule has 2 unspecified atom stereocenters. The van der Waals surface area contributed by atoms with Crippen LogP contribution in [0.4, 0.5) is 4.39 Å². The SMILES string of the molecule is CC(NC1Cc2ccccc2C1)C(O)c1ccc(F)cc1. The topological polar surface area (TPSA) is 32.3 Å². The molecule has 0 spiro atoms. The molecule has 2 atom stereocenters. The number of fused-ring (bicyclic) bond motifs is 1. The van der Waals surface area contributed by atoms with Gasteiger partial charge in [-0.15, -0.1) is 0 Å². The molecular formula is C18H20FNO. The summed E-state index contributed by atoms with van der Waals surface area (Å²) in [5.74, 6) is -0.280. The Morgan fingerprint density at radius 1 is 1.05 bits per heavy atom. The van der Waals surface area contributed by atoms with Crippen molar-refractivity contribution in [2.45, 2.75) is 38.0 Å². The van der Waals surface area contributed by atoms with E-state index in [-0.39, 0.29) is 11.9 Å². The molecule has 110 valence electrons. The average Bonchev–Trinajstić information content (AvgIpc) is 2.89. The Bertz CT molecular complexity index is 586. The molecule has 3 rings (SSSR count). The van der Waals surface area contributed by atoms with E-state index in [0.717, 1.165) is 18.4 Å². The number of rotatable bonds is 4. The van der Waals surface area contributed by atoms with Crippen molar-refractivity contribution in [3.63, 3.8) is 0 Å². The summed E-state index contributed by atoms with van der Waals surface area (Å²) in [7, 11) is 0. The first-order chi connectivity index (χ1) is 10.1. The van der Waals surface area contributed by atoms with Crippen molar-refractivity contribution in [1.82, 2.24) is 5.32 Å². The molecule has 0 fully saturated rings. The maximum atomic E-state index is 12.9. The van der Waals surface area contributed by atoms with E-state index in [1.54, 1.807) is 12.1 Å². The summed E-state index contributed by atoms with van der Waals surface area (Å²) in [5.41, 5.74) is 3.52. The molecule has 0 bridgehead atoms. The average molecular weight is 285 g/mol. The van der Waals surface area contributed by atoms with Crippen molar-refractivity contribution in [3.05, 3.63) is 71.0 Å². The fourth-order valence-corrected chi connectivity index (χ4v) is 3.09. The molecular weight excluding hydrogens is 265 g/mol. The van der Waals surface area contributed by atoms with Crippen molar-refractivity contribution >= 4 is 0 Å². The molecule has 1 aliphatic carbocycles. The molecule has 0 radical (unpaired) electrons. The monoisotopic (exact) mass is 285 g/mol. The third kappa shape index (κ3) is 3.14. The van der Waals surface area contributed by atoms with E-state index in [9.17, 15) is 9.50 Å². The van der Waals surface area contributed by atoms with Crippen LogP contribution in [0.25, 0.3) is 0 Å². The largest absolute Gasteiger partial charge is 0.387 e. The molecule has 0 aromatic heterocycles. The van der Waals surface area contributed by atoms with Crippen LogP contribution in [0.1, 0.15) is 29.7 Å². The zero-order valence-electron chi connectivity index (χ0n) is 12.1. The van der Waals surface area contributed by atoms with Gasteiger partial charge in [0.2, 0.25) is 0 Å². The smallest absolute Gasteiger partial charge is 0.123 e. The lowest BCUT2D eigenvalue weighted by Gasteiger charge is -2.24. The normalized spacial score (nSPS) is 17.5. The molecule has 21 heavy (non-hydrogen) atoms. The third-order valence-electron chi connectivity index (χ3n) is 4.23. The van der Waals surface area contributed by atoms with Gasteiger partial charge in [0.25, 0.3) is 0 Å². The Balaban J connectivity index is 1.62. The minimum absolute atomic E-state index is 0.0743. The van der Waals surface area contributed by atoms with Crippen LogP contribution in [0, 0.1) is 5.82 Å². The number of hydrogen-bond donors (Lipinski definition) is 2. The summed E-state index contributed by atoms with van der Waals surface area (Å²) in [6, 6.07) is 14.8. The van der Waals surface area contributed by atoms with Crippen molar-refractivity contribution in [3.8, 4) is 0 Å². The Morgan fingerprint density at radius 2 is 1.62 bits per heavy atom. The summed E-state index contributed by atoms with van der Waals surface area (Å²) in [4.78, 5) is 0. The fourth-order valence-electron chi connectivity index (χ4n) is 3.09. The lowest BCUT2D eigenvalue weighted by molar-refractivity contribution is 0.130. The molecule has 2 aromatic carbocycles.